The summed E-state index contributed by atoms with van der Waals surface area (Å²) in [5.74, 6) is -0.185. The summed E-state index contributed by atoms with van der Waals surface area (Å²) in [5, 5.41) is 5.47. The molecular formula is C19H19N3O2. The molecule has 0 bridgehead atoms. The number of urea groups is 1. The Hall–Kier alpha value is -3.08. The number of carbonyl (C=O) groups excluding carboxylic acids is 2. The van der Waals surface area contributed by atoms with Crippen LogP contribution in [0.5, 0.6) is 0 Å². The minimum Gasteiger partial charge on any atom is -0.323 e. The number of benzene rings is 2. The second kappa shape index (κ2) is 6.58. The van der Waals surface area contributed by atoms with Gasteiger partial charge in [-0.15, -0.1) is 0 Å². The molecule has 0 aliphatic carbocycles. The van der Waals surface area contributed by atoms with Gasteiger partial charge in [0.2, 0.25) is 0 Å². The van der Waals surface area contributed by atoms with Crippen molar-refractivity contribution in [1.82, 2.24) is 5.32 Å². The van der Waals surface area contributed by atoms with E-state index in [2.05, 4.69) is 10.6 Å². The number of amides is 3. The van der Waals surface area contributed by atoms with E-state index in [-0.39, 0.29) is 5.91 Å². The normalized spacial score (nSPS) is 16.3. The molecule has 2 aromatic carbocycles. The van der Waals surface area contributed by atoms with E-state index in [9.17, 15) is 9.59 Å². The maximum Gasteiger partial charge on any atom is 0.320 e. The second-order valence-corrected chi connectivity index (χ2v) is 5.76. The van der Waals surface area contributed by atoms with E-state index in [1.165, 1.54) is 0 Å². The van der Waals surface area contributed by atoms with Crippen LogP contribution in [-0.4, -0.2) is 25.0 Å². The molecule has 0 saturated carbocycles. The first-order valence-electron chi connectivity index (χ1n) is 7.73. The van der Waals surface area contributed by atoms with Crippen LogP contribution >= 0.6 is 0 Å². The molecule has 122 valence electrons. The highest BCUT2D eigenvalue weighted by Crippen LogP contribution is 2.24. The van der Waals surface area contributed by atoms with Gasteiger partial charge in [0, 0.05) is 12.7 Å². The third-order valence-electron chi connectivity index (χ3n) is 3.93. The number of hydrogen-bond acceptors (Lipinski definition) is 2. The number of likely N-dealkylation sites (N-methyl/N-ethyl adjacent to an activating group) is 1. The van der Waals surface area contributed by atoms with Crippen LogP contribution in [-0.2, 0) is 4.79 Å². The van der Waals surface area contributed by atoms with Crippen LogP contribution in [0.2, 0.25) is 0 Å². The summed E-state index contributed by atoms with van der Waals surface area (Å²) in [7, 11) is 1.71. The Morgan fingerprint density at radius 1 is 1.12 bits per heavy atom. The van der Waals surface area contributed by atoms with Crippen LogP contribution in [0, 0.1) is 6.92 Å². The molecule has 1 aliphatic heterocycles. The van der Waals surface area contributed by atoms with Crippen molar-refractivity contribution in [2.24, 2.45) is 0 Å². The van der Waals surface area contributed by atoms with Crippen LogP contribution in [0.1, 0.15) is 11.1 Å². The van der Waals surface area contributed by atoms with Crippen LogP contribution in [0.4, 0.5) is 16.2 Å². The number of aryl methyl sites for hydroxylation is 1. The molecule has 24 heavy (non-hydrogen) atoms. The van der Waals surface area contributed by atoms with E-state index >= 15 is 0 Å². The Bertz CT molecular complexity index is 814. The first-order valence-corrected chi connectivity index (χ1v) is 7.73. The predicted octanol–water partition coefficient (Wildman–Crippen LogP) is 3.17. The minimum atomic E-state index is -0.716. The Morgan fingerprint density at radius 3 is 2.71 bits per heavy atom. The molecule has 0 fully saturated rings. The molecule has 1 aliphatic rings. The molecular weight excluding hydrogens is 302 g/mol. The van der Waals surface area contributed by atoms with E-state index in [0.717, 1.165) is 16.8 Å². The summed E-state index contributed by atoms with van der Waals surface area (Å²) in [6.07, 6.45) is 3.56. The molecule has 0 radical (unpaired) electrons. The van der Waals surface area contributed by atoms with Gasteiger partial charge >= 0.3 is 6.03 Å². The number of anilines is 2. The highest BCUT2D eigenvalue weighted by molar-refractivity contribution is 6.04. The summed E-state index contributed by atoms with van der Waals surface area (Å²) in [5.41, 5.74) is 3.50. The van der Waals surface area contributed by atoms with Crippen LogP contribution in [0.15, 0.2) is 54.6 Å². The topological polar surface area (TPSA) is 61.4 Å². The second-order valence-electron chi connectivity index (χ2n) is 5.76. The van der Waals surface area contributed by atoms with Crippen molar-refractivity contribution in [1.29, 1.82) is 0 Å². The molecule has 1 unspecified atom stereocenters. The van der Waals surface area contributed by atoms with Gasteiger partial charge in [0.25, 0.3) is 5.91 Å². The van der Waals surface area contributed by atoms with Crippen molar-refractivity contribution < 1.29 is 9.59 Å². The molecule has 5 heteroatoms. The van der Waals surface area contributed by atoms with E-state index in [1.54, 1.807) is 24.1 Å². The van der Waals surface area contributed by atoms with Gasteiger partial charge in [-0.3, -0.25) is 4.79 Å². The van der Waals surface area contributed by atoms with Crippen molar-refractivity contribution in [2.45, 2.75) is 13.0 Å². The SMILES string of the molecule is Cc1cccc(NC(=O)NC2C=Cc3ccccc3N(C)C2=O)c1. The number of rotatable bonds is 2. The van der Waals surface area contributed by atoms with Crippen LogP contribution in [0.3, 0.4) is 0 Å². The number of para-hydroxylation sites is 1. The van der Waals surface area contributed by atoms with E-state index in [0.29, 0.717) is 5.69 Å². The molecule has 3 amide bonds. The molecule has 0 spiro atoms. The van der Waals surface area contributed by atoms with Gasteiger partial charge in [-0.25, -0.2) is 4.79 Å². The fourth-order valence-electron chi connectivity index (χ4n) is 2.68. The lowest BCUT2D eigenvalue weighted by molar-refractivity contribution is -0.119. The fraction of sp³-hybridized carbons (Fsp3) is 0.158. The number of hydrogen-bond donors (Lipinski definition) is 2. The zero-order valence-electron chi connectivity index (χ0n) is 13.6. The first kappa shape index (κ1) is 15.8. The van der Waals surface area contributed by atoms with Gasteiger partial charge in [-0.1, -0.05) is 42.5 Å². The van der Waals surface area contributed by atoms with Gasteiger partial charge < -0.3 is 15.5 Å². The molecule has 1 heterocycles. The largest absolute Gasteiger partial charge is 0.323 e. The number of nitrogens with one attached hydrogen (secondary N) is 2. The quantitative estimate of drug-likeness (QED) is 0.892. The zero-order valence-corrected chi connectivity index (χ0v) is 13.6. The standard InChI is InChI=1S/C19H19N3O2/c1-13-6-5-8-15(12-13)20-19(24)21-16-11-10-14-7-3-4-9-17(14)22(2)18(16)23/h3-12,16H,1-2H3,(H2,20,21,24). The first-order chi connectivity index (χ1) is 11.5. The molecule has 2 N–H and O–H groups in total. The lowest BCUT2D eigenvalue weighted by atomic mass is 10.1. The highest BCUT2D eigenvalue weighted by atomic mass is 16.2. The summed E-state index contributed by atoms with van der Waals surface area (Å²) in [6.45, 7) is 1.95. The fourth-order valence-corrected chi connectivity index (χ4v) is 2.68. The van der Waals surface area contributed by atoms with Crippen molar-refractivity contribution in [3.63, 3.8) is 0 Å². The van der Waals surface area contributed by atoms with Crippen molar-refractivity contribution in [3.8, 4) is 0 Å². The predicted molar refractivity (Wildman–Crippen MR) is 96.0 cm³/mol. The maximum absolute atomic E-state index is 12.6. The Kier molecular flexibility index (Phi) is 4.33. The highest BCUT2D eigenvalue weighted by Gasteiger charge is 2.25. The average Bonchev–Trinajstić information content (AvgIpc) is 2.67. The molecule has 5 nitrogen and oxygen atoms in total. The maximum atomic E-state index is 12.6. The molecule has 3 rings (SSSR count). The number of carbonyl (C=O) groups is 2. The lowest BCUT2D eigenvalue weighted by Gasteiger charge is -2.21. The summed E-state index contributed by atoms with van der Waals surface area (Å²) in [6, 6.07) is 14.0. The Labute approximate surface area is 141 Å². The summed E-state index contributed by atoms with van der Waals surface area (Å²) in [4.78, 5) is 26.3. The van der Waals surface area contributed by atoms with Crippen molar-refractivity contribution >= 4 is 29.4 Å². The molecule has 1 atom stereocenters. The monoisotopic (exact) mass is 321 g/mol. The smallest absolute Gasteiger partial charge is 0.320 e. The van der Waals surface area contributed by atoms with E-state index in [1.807, 2.05) is 55.5 Å². The van der Waals surface area contributed by atoms with Gasteiger partial charge in [-0.2, -0.15) is 0 Å². The average molecular weight is 321 g/mol. The lowest BCUT2D eigenvalue weighted by Crippen LogP contribution is -2.47. The van der Waals surface area contributed by atoms with Crippen LogP contribution < -0.4 is 15.5 Å². The Balaban J connectivity index is 1.74. The van der Waals surface area contributed by atoms with E-state index < -0.39 is 12.1 Å². The van der Waals surface area contributed by atoms with E-state index in [4.69, 9.17) is 0 Å². The zero-order chi connectivity index (χ0) is 17.1. The van der Waals surface area contributed by atoms with Gasteiger partial charge in [-0.05, 0) is 36.2 Å². The van der Waals surface area contributed by atoms with Gasteiger partial charge in [0.1, 0.15) is 6.04 Å². The number of nitrogens with zero attached hydrogens (tertiary/aromatic N) is 1. The summed E-state index contributed by atoms with van der Waals surface area (Å²) < 4.78 is 0. The number of fused-ring (bicyclic) bond motifs is 1. The third kappa shape index (κ3) is 3.30. The molecule has 0 saturated heterocycles. The Morgan fingerprint density at radius 2 is 1.92 bits per heavy atom. The molecule has 2 aromatic rings. The van der Waals surface area contributed by atoms with Crippen molar-refractivity contribution in [3.05, 3.63) is 65.7 Å². The van der Waals surface area contributed by atoms with Crippen molar-refractivity contribution in [2.75, 3.05) is 17.3 Å². The third-order valence-corrected chi connectivity index (χ3v) is 3.93. The molecule has 0 aromatic heterocycles. The summed E-state index contributed by atoms with van der Waals surface area (Å²) >= 11 is 0. The van der Waals surface area contributed by atoms with Gasteiger partial charge in [0.05, 0.1) is 5.69 Å². The van der Waals surface area contributed by atoms with Crippen LogP contribution in [0.25, 0.3) is 6.08 Å². The minimum absolute atomic E-state index is 0.185. The van der Waals surface area contributed by atoms with Gasteiger partial charge in [0.15, 0.2) is 0 Å².